The van der Waals surface area contributed by atoms with Gasteiger partial charge in [0.15, 0.2) is 0 Å². The van der Waals surface area contributed by atoms with Crippen molar-refractivity contribution in [1.29, 1.82) is 0 Å². The topological polar surface area (TPSA) is 43.6 Å². The Kier molecular flexibility index (Phi) is 2.95. The minimum atomic E-state index is -0.495. The molecule has 20 heavy (non-hydrogen) atoms. The van der Waals surface area contributed by atoms with Crippen molar-refractivity contribution in [2.75, 3.05) is 7.11 Å². The number of halogens is 1. The quantitative estimate of drug-likeness (QED) is 0.672. The van der Waals surface area contributed by atoms with Crippen LogP contribution in [0.15, 0.2) is 48.7 Å². The Labute approximate surface area is 114 Å². The van der Waals surface area contributed by atoms with Crippen LogP contribution in [0.4, 0.5) is 4.39 Å². The third-order valence-electron chi connectivity index (χ3n) is 3.03. The first-order valence-corrected chi connectivity index (χ1v) is 6.02. The lowest BCUT2D eigenvalue weighted by atomic mass is 10.1. The number of esters is 1. The summed E-state index contributed by atoms with van der Waals surface area (Å²) in [5.41, 5.74) is 1.90. The first kappa shape index (κ1) is 12.3. The highest BCUT2D eigenvalue weighted by Crippen LogP contribution is 2.27. The van der Waals surface area contributed by atoms with Crippen molar-refractivity contribution >= 4 is 11.5 Å². The molecule has 0 bridgehead atoms. The molecule has 0 N–H and O–H groups in total. The lowest BCUT2D eigenvalue weighted by Crippen LogP contribution is -2.02. The zero-order valence-corrected chi connectivity index (χ0v) is 10.7. The molecule has 0 fully saturated rings. The lowest BCUT2D eigenvalue weighted by molar-refractivity contribution is 0.0604. The van der Waals surface area contributed by atoms with Crippen LogP contribution >= 0.6 is 0 Å². The van der Waals surface area contributed by atoms with E-state index in [1.165, 1.54) is 19.2 Å². The van der Waals surface area contributed by atoms with Crippen LogP contribution in [-0.2, 0) is 4.74 Å². The number of methoxy groups -OCH3 is 1. The van der Waals surface area contributed by atoms with E-state index in [1.54, 1.807) is 41.0 Å². The fourth-order valence-corrected chi connectivity index (χ4v) is 2.14. The van der Waals surface area contributed by atoms with E-state index in [1.807, 2.05) is 0 Å². The van der Waals surface area contributed by atoms with Crippen molar-refractivity contribution in [3.8, 4) is 11.3 Å². The molecule has 4 nitrogen and oxygen atoms in total. The van der Waals surface area contributed by atoms with Gasteiger partial charge in [0.05, 0.1) is 12.6 Å². The predicted molar refractivity (Wildman–Crippen MR) is 71.9 cm³/mol. The summed E-state index contributed by atoms with van der Waals surface area (Å²) >= 11 is 0. The Morgan fingerprint density at radius 1 is 1.25 bits per heavy atom. The highest BCUT2D eigenvalue weighted by Gasteiger charge is 2.21. The maximum Gasteiger partial charge on any atom is 0.342 e. The molecule has 0 spiro atoms. The first-order chi connectivity index (χ1) is 9.70. The average Bonchev–Trinajstić information content (AvgIpc) is 2.86. The summed E-state index contributed by atoms with van der Waals surface area (Å²) < 4.78 is 19.8. The standard InChI is InChI=1S/C15H11FN2O2/c1-20-15(19)13-12-7-2-3-8-18(12)17-14(13)10-5-4-6-11(16)9-10/h2-9H,1H3. The first-order valence-electron chi connectivity index (χ1n) is 6.02. The molecule has 100 valence electrons. The maximum absolute atomic E-state index is 13.4. The zero-order chi connectivity index (χ0) is 14.1. The van der Waals surface area contributed by atoms with Gasteiger partial charge in [-0.15, -0.1) is 0 Å². The van der Waals surface area contributed by atoms with Crippen LogP contribution in [0.3, 0.4) is 0 Å². The SMILES string of the molecule is COC(=O)c1c(-c2cccc(F)c2)nn2ccccc12. The molecule has 0 saturated heterocycles. The van der Waals surface area contributed by atoms with E-state index < -0.39 is 5.97 Å². The lowest BCUT2D eigenvalue weighted by Gasteiger charge is -2.01. The molecule has 3 aromatic rings. The number of aromatic nitrogens is 2. The number of rotatable bonds is 2. The van der Waals surface area contributed by atoms with Crippen molar-refractivity contribution in [2.45, 2.75) is 0 Å². The van der Waals surface area contributed by atoms with Gasteiger partial charge in [-0.3, -0.25) is 0 Å². The summed E-state index contributed by atoms with van der Waals surface area (Å²) in [5.74, 6) is -0.874. The van der Waals surface area contributed by atoms with Gasteiger partial charge in [0.2, 0.25) is 0 Å². The number of nitrogens with zero attached hydrogens (tertiary/aromatic N) is 2. The molecule has 2 aromatic heterocycles. The molecule has 2 heterocycles. The number of hydrogen-bond acceptors (Lipinski definition) is 3. The normalized spacial score (nSPS) is 10.7. The third kappa shape index (κ3) is 1.93. The number of pyridine rings is 1. The molecule has 3 rings (SSSR count). The summed E-state index contributed by atoms with van der Waals surface area (Å²) in [6.07, 6.45) is 1.73. The van der Waals surface area contributed by atoms with Gasteiger partial charge in [0, 0.05) is 11.8 Å². The van der Waals surface area contributed by atoms with E-state index >= 15 is 0 Å². The van der Waals surface area contributed by atoms with Gasteiger partial charge in [0.1, 0.15) is 17.1 Å². The van der Waals surface area contributed by atoms with Crippen molar-refractivity contribution < 1.29 is 13.9 Å². The summed E-state index contributed by atoms with van der Waals surface area (Å²) in [6.45, 7) is 0. The maximum atomic E-state index is 13.4. The number of hydrogen-bond donors (Lipinski definition) is 0. The number of benzene rings is 1. The third-order valence-corrected chi connectivity index (χ3v) is 3.03. The second kappa shape index (κ2) is 4.77. The van der Waals surface area contributed by atoms with Crippen LogP contribution < -0.4 is 0 Å². The van der Waals surface area contributed by atoms with E-state index in [0.717, 1.165) is 0 Å². The predicted octanol–water partition coefficient (Wildman–Crippen LogP) is 2.93. The van der Waals surface area contributed by atoms with E-state index in [2.05, 4.69) is 5.10 Å². The Balaban J connectivity index is 2.32. The molecular formula is C15H11FN2O2. The summed E-state index contributed by atoms with van der Waals surface area (Å²) in [6, 6.07) is 11.3. The molecule has 0 aliphatic carbocycles. The number of carbonyl (C=O) groups excluding carboxylic acids is 1. The van der Waals surface area contributed by atoms with Gasteiger partial charge in [0.25, 0.3) is 0 Å². The van der Waals surface area contributed by atoms with Crippen LogP contribution in [0.25, 0.3) is 16.8 Å². The van der Waals surface area contributed by atoms with Gasteiger partial charge in [-0.2, -0.15) is 5.10 Å². The van der Waals surface area contributed by atoms with Crippen LogP contribution in [-0.4, -0.2) is 22.7 Å². The monoisotopic (exact) mass is 270 g/mol. The Morgan fingerprint density at radius 3 is 2.85 bits per heavy atom. The van der Waals surface area contributed by atoms with Crippen molar-refractivity contribution in [3.05, 3.63) is 60.0 Å². The number of fused-ring (bicyclic) bond motifs is 1. The smallest absolute Gasteiger partial charge is 0.342 e. The summed E-state index contributed by atoms with van der Waals surface area (Å²) in [5, 5.41) is 4.34. The number of ether oxygens (including phenoxy) is 1. The molecule has 0 aliphatic heterocycles. The van der Waals surface area contributed by atoms with E-state index in [4.69, 9.17) is 4.74 Å². The molecule has 0 amide bonds. The zero-order valence-electron chi connectivity index (χ0n) is 10.7. The largest absolute Gasteiger partial charge is 0.465 e. The van der Waals surface area contributed by atoms with Crippen LogP contribution in [0, 0.1) is 5.82 Å². The van der Waals surface area contributed by atoms with Gasteiger partial charge in [-0.05, 0) is 24.3 Å². The van der Waals surface area contributed by atoms with Crippen LogP contribution in [0.2, 0.25) is 0 Å². The minimum Gasteiger partial charge on any atom is -0.465 e. The van der Waals surface area contributed by atoms with E-state index in [9.17, 15) is 9.18 Å². The Hall–Kier alpha value is -2.69. The highest BCUT2D eigenvalue weighted by molar-refractivity contribution is 6.03. The molecule has 0 saturated carbocycles. The molecule has 0 radical (unpaired) electrons. The second-order valence-electron chi connectivity index (χ2n) is 4.26. The number of carbonyl (C=O) groups is 1. The van der Waals surface area contributed by atoms with Gasteiger partial charge in [-0.1, -0.05) is 18.2 Å². The van der Waals surface area contributed by atoms with E-state index in [0.29, 0.717) is 22.3 Å². The van der Waals surface area contributed by atoms with Crippen molar-refractivity contribution in [3.63, 3.8) is 0 Å². The van der Waals surface area contributed by atoms with Crippen molar-refractivity contribution in [2.24, 2.45) is 0 Å². The van der Waals surface area contributed by atoms with E-state index in [-0.39, 0.29) is 5.82 Å². The Morgan fingerprint density at radius 2 is 2.10 bits per heavy atom. The van der Waals surface area contributed by atoms with Crippen LogP contribution in [0.5, 0.6) is 0 Å². The molecule has 0 unspecified atom stereocenters. The van der Waals surface area contributed by atoms with Crippen molar-refractivity contribution in [1.82, 2.24) is 9.61 Å². The minimum absolute atomic E-state index is 0.332. The fourth-order valence-electron chi connectivity index (χ4n) is 2.14. The average molecular weight is 270 g/mol. The molecule has 1 aromatic carbocycles. The molecule has 0 aliphatic rings. The second-order valence-corrected chi connectivity index (χ2v) is 4.26. The van der Waals surface area contributed by atoms with Crippen LogP contribution in [0.1, 0.15) is 10.4 Å². The summed E-state index contributed by atoms with van der Waals surface area (Å²) in [7, 11) is 1.31. The van der Waals surface area contributed by atoms with Gasteiger partial charge in [-0.25, -0.2) is 13.7 Å². The van der Waals surface area contributed by atoms with Gasteiger partial charge >= 0.3 is 5.97 Å². The Bertz CT molecular complexity index is 795. The molecule has 5 heteroatoms. The molecular weight excluding hydrogens is 259 g/mol. The molecule has 0 atom stereocenters. The van der Waals surface area contributed by atoms with Gasteiger partial charge < -0.3 is 4.74 Å². The highest BCUT2D eigenvalue weighted by atomic mass is 19.1. The summed E-state index contributed by atoms with van der Waals surface area (Å²) in [4.78, 5) is 12.0. The fraction of sp³-hybridized carbons (Fsp3) is 0.0667.